The van der Waals surface area contributed by atoms with E-state index in [2.05, 4.69) is 26.6 Å². The van der Waals surface area contributed by atoms with Crippen molar-refractivity contribution in [3.63, 3.8) is 0 Å². The zero-order valence-electron chi connectivity index (χ0n) is 13.6. The van der Waals surface area contributed by atoms with E-state index < -0.39 is 0 Å². The molecule has 134 valence electrons. The van der Waals surface area contributed by atoms with E-state index in [9.17, 15) is 9.59 Å². The molecule has 0 spiro atoms. The predicted molar refractivity (Wildman–Crippen MR) is 103 cm³/mol. The summed E-state index contributed by atoms with van der Waals surface area (Å²) < 4.78 is 0.937. The van der Waals surface area contributed by atoms with Gasteiger partial charge in [-0.2, -0.15) is 11.3 Å². The van der Waals surface area contributed by atoms with Gasteiger partial charge >= 0.3 is 6.03 Å². The molecule has 0 atom stereocenters. The molecule has 0 aliphatic carbocycles. The molecule has 3 amide bonds. The van der Waals surface area contributed by atoms with Gasteiger partial charge in [0.05, 0.1) is 6.61 Å². The number of aliphatic hydroxyl groups excluding tert-OH is 1. The van der Waals surface area contributed by atoms with E-state index >= 15 is 0 Å². The number of nitrogens with zero attached hydrogens (tertiary/aromatic N) is 1. The summed E-state index contributed by atoms with van der Waals surface area (Å²) in [7, 11) is 0. The Morgan fingerprint density at radius 3 is 2.60 bits per heavy atom. The fourth-order valence-electron chi connectivity index (χ4n) is 2.13. The van der Waals surface area contributed by atoms with Gasteiger partial charge in [-0.3, -0.25) is 4.79 Å². The molecule has 0 fully saturated rings. The smallest absolute Gasteiger partial charge is 0.317 e. The van der Waals surface area contributed by atoms with Crippen LogP contribution in [0.15, 0.2) is 45.6 Å². The van der Waals surface area contributed by atoms with E-state index in [1.807, 2.05) is 29.0 Å². The molecule has 0 saturated carbocycles. The summed E-state index contributed by atoms with van der Waals surface area (Å²) in [4.78, 5) is 25.6. The maximum absolute atomic E-state index is 12.2. The molecule has 0 aliphatic heterocycles. The first-order valence-electron chi connectivity index (χ1n) is 7.78. The van der Waals surface area contributed by atoms with Crippen molar-refractivity contribution in [2.75, 3.05) is 25.0 Å². The molecule has 0 radical (unpaired) electrons. The van der Waals surface area contributed by atoms with Crippen LogP contribution in [0.5, 0.6) is 0 Å². The summed E-state index contributed by atoms with van der Waals surface area (Å²) in [5.41, 5.74) is 1.72. The van der Waals surface area contributed by atoms with Crippen molar-refractivity contribution in [2.45, 2.75) is 13.0 Å². The fourth-order valence-corrected chi connectivity index (χ4v) is 3.05. The average Bonchev–Trinajstić information content (AvgIpc) is 3.09. The van der Waals surface area contributed by atoms with Gasteiger partial charge in [0.25, 0.3) is 0 Å². The highest BCUT2D eigenvalue weighted by Crippen LogP contribution is 2.14. The SMILES string of the molecule is O=C(CCNC(=O)N(CCO)Cc1ccsc1)Nc1ccc(Br)cc1. The number of hydrogen-bond donors (Lipinski definition) is 3. The number of halogens is 1. The lowest BCUT2D eigenvalue weighted by Gasteiger charge is -2.21. The number of nitrogens with one attached hydrogen (secondary N) is 2. The first-order chi connectivity index (χ1) is 12.1. The lowest BCUT2D eigenvalue weighted by molar-refractivity contribution is -0.116. The second-order valence-electron chi connectivity index (χ2n) is 5.31. The Morgan fingerprint density at radius 2 is 1.96 bits per heavy atom. The molecule has 0 saturated heterocycles. The minimum atomic E-state index is -0.295. The number of thiophene rings is 1. The number of aliphatic hydroxyl groups is 1. The van der Waals surface area contributed by atoms with Crippen LogP contribution in [0.2, 0.25) is 0 Å². The molecule has 3 N–H and O–H groups in total. The lowest BCUT2D eigenvalue weighted by atomic mass is 10.3. The third kappa shape index (κ3) is 6.85. The van der Waals surface area contributed by atoms with Gasteiger partial charge in [0, 0.05) is 36.2 Å². The Bertz CT molecular complexity index is 677. The minimum absolute atomic E-state index is 0.110. The number of anilines is 1. The van der Waals surface area contributed by atoms with Crippen LogP contribution < -0.4 is 10.6 Å². The molecular formula is C17H20BrN3O3S. The van der Waals surface area contributed by atoms with Crippen molar-refractivity contribution < 1.29 is 14.7 Å². The summed E-state index contributed by atoms with van der Waals surface area (Å²) in [6.45, 7) is 0.794. The molecule has 1 aromatic heterocycles. The molecule has 0 unspecified atom stereocenters. The molecule has 1 aromatic carbocycles. The number of amides is 3. The van der Waals surface area contributed by atoms with Crippen molar-refractivity contribution in [3.05, 3.63) is 51.1 Å². The van der Waals surface area contributed by atoms with E-state index in [1.54, 1.807) is 23.5 Å². The van der Waals surface area contributed by atoms with Gasteiger partial charge in [-0.1, -0.05) is 15.9 Å². The summed E-state index contributed by atoms with van der Waals surface area (Å²) >= 11 is 4.89. The number of benzene rings is 1. The Labute approximate surface area is 159 Å². The van der Waals surface area contributed by atoms with Crippen LogP contribution in [0.3, 0.4) is 0 Å². The van der Waals surface area contributed by atoms with Gasteiger partial charge in [-0.15, -0.1) is 0 Å². The van der Waals surface area contributed by atoms with Gasteiger partial charge in [-0.05, 0) is 46.7 Å². The second kappa shape index (κ2) is 10.2. The molecule has 8 heteroatoms. The molecule has 0 bridgehead atoms. The quantitative estimate of drug-likeness (QED) is 0.607. The maximum Gasteiger partial charge on any atom is 0.317 e. The highest BCUT2D eigenvalue weighted by molar-refractivity contribution is 9.10. The van der Waals surface area contributed by atoms with Crippen LogP contribution in [0.25, 0.3) is 0 Å². The van der Waals surface area contributed by atoms with Crippen molar-refractivity contribution in [3.8, 4) is 0 Å². The highest BCUT2D eigenvalue weighted by atomic mass is 79.9. The lowest BCUT2D eigenvalue weighted by Crippen LogP contribution is -2.41. The third-order valence-electron chi connectivity index (χ3n) is 3.37. The van der Waals surface area contributed by atoms with Crippen LogP contribution >= 0.6 is 27.3 Å². The van der Waals surface area contributed by atoms with Gasteiger partial charge < -0.3 is 20.6 Å². The average molecular weight is 426 g/mol. The maximum atomic E-state index is 12.2. The zero-order chi connectivity index (χ0) is 18.1. The van der Waals surface area contributed by atoms with Crippen LogP contribution in [0.4, 0.5) is 10.5 Å². The van der Waals surface area contributed by atoms with Crippen LogP contribution in [-0.4, -0.2) is 41.6 Å². The highest BCUT2D eigenvalue weighted by Gasteiger charge is 2.14. The second-order valence-corrected chi connectivity index (χ2v) is 7.01. The summed E-state index contributed by atoms with van der Waals surface area (Å²) in [6.07, 6.45) is 0.174. The standard InChI is InChI=1S/C17H20BrN3O3S/c18-14-1-3-15(4-2-14)20-16(23)5-7-19-17(24)21(8-9-22)11-13-6-10-25-12-13/h1-4,6,10,12,22H,5,7-9,11H2,(H,19,24)(H,20,23). The normalized spacial score (nSPS) is 10.3. The van der Waals surface area contributed by atoms with E-state index in [4.69, 9.17) is 5.11 Å². The van der Waals surface area contributed by atoms with Gasteiger partial charge in [0.2, 0.25) is 5.91 Å². The van der Waals surface area contributed by atoms with E-state index in [0.717, 1.165) is 10.0 Å². The van der Waals surface area contributed by atoms with Crippen LogP contribution in [-0.2, 0) is 11.3 Å². The number of rotatable bonds is 8. The van der Waals surface area contributed by atoms with Gasteiger partial charge in [0.15, 0.2) is 0 Å². The zero-order valence-corrected chi connectivity index (χ0v) is 16.0. The van der Waals surface area contributed by atoms with Gasteiger partial charge in [0.1, 0.15) is 0 Å². The fraction of sp³-hybridized carbons (Fsp3) is 0.294. The number of carbonyl (C=O) groups excluding carboxylic acids is 2. The topological polar surface area (TPSA) is 81.7 Å². The number of carbonyl (C=O) groups is 2. The first-order valence-corrected chi connectivity index (χ1v) is 9.52. The van der Waals surface area contributed by atoms with Crippen molar-refractivity contribution in [1.29, 1.82) is 0 Å². The predicted octanol–water partition coefficient (Wildman–Crippen LogP) is 3.04. The molecule has 0 aliphatic rings. The van der Waals surface area contributed by atoms with Crippen LogP contribution in [0.1, 0.15) is 12.0 Å². The molecule has 25 heavy (non-hydrogen) atoms. The van der Waals surface area contributed by atoms with Crippen molar-refractivity contribution in [2.24, 2.45) is 0 Å². The molecule has 6 nitrogen and oxygen atoms in total. The number of urea groups is 1. The monoisotopic (exact) mass is 425 g/mol. The van der Waals surface area contributed by atoms with Crippen molar-refractivity contribution >= 4 is 44.9 Å². The molecule has 2 aromatic rings. The minimum Gasteiger partial charge on any atom is -0.395 e. The molecule has 2 rings (SSSR count). The summed E-state index contributed by atoms with van der Waals surface area (Å²) in [6, 6.07) is 8.92. The van der Waals surface area contributed by atoms with Gasteiger partial charge in [-0.25, -0.2) is 4.79 Å². The Morgan fingerprint density at radius 1 is 1.20 bits per heavy atom. The van der Waals surface area contributed by atoms with E-state index in [0.29, 0.717) is 12.2 Å². The van der Waals surface area contributed by atoms with E-state index in [1.165, 1.54) is 4.90 Å². The summed E-state index contributed by atoms with van der Waals surface area (Å²) in [5.74, 6) is -0.172. The molecule has 1 heterocycles. The third-order valence-corrected chi connectivity index (χ3v) is 4.63. The van der Waals surface area contributed by atoms with E-state index in [-0.39, 0.29) is 38.1 Å². The first kappa shape index (κ1) is 19.4. The van der Waals surface area contributed by atoms with Crippen molar-refractivity contribution in [1.82, 2.24) is 10.2 Å². The molecular weight excluding hydrogens is 406 g/mol. The Balaban J connectivity index is 1.75. The largest absolute Gasteiger partial charge is 0.395 e. The number of hydrogen-bond acceptors (Lipinski definition) is 4. The summed E-state index contributed by atoms with van der Waals surface area (Å²) in [5, 5.41) is 18.5. The van der Waals surface area contributed by atoms with Crippen LogP contribution in [0, 0.1) is 0 Å². The Kier molecular flexibility index (Phi) is 7.90. The Hall–Kier alpha value is -1.90.